The van der Waals surface area contributed by atoms with E-state index in [1.54, 1.807) is 0 Å². The highest BCUT2D eigenvalue weighted by Crippen LogP contribution is 2.08. The summed E-state index contributed by atoms with van der Waals surface area (Å²) in [6.07, 6.45) is 0. The maximum absolute atomic E-state index is 5.61. The molecule has 28 heavy (non-hydrogen) atoms. The van der Waals surface area contributed by atoms with Gasteiger partial charge in [0.1, 0.15) is 0 Å². The number of ether oxygens (including phenoxy) is 2. The minimum Gasteiger partial charge on any atom is -0.380 e. The Morgan fingerprint density at radius 3 is 1.32 bits per heavy atom. The van der Waals surface area contributed by atoms with E-state index in [4.69, 9.17) is 9.47 Å². The van der Waals surface area contributed by atoms with E-state index in [9.17, 15) is 0 Å². The van der Waals surface area contributed by atoms with Crippen LogP contribution in [0.5, 0.6) is 0 Å². The molecule has 154 valence electrons. The number of hydrogen-bond acceptors (Lipinski definition) is 4. The molecule has 0 aliphatic carbocycles. The highest BCUT2D eigenvalue weighted by molar-refractivity contribution is 5.15. The molecule has 4 heteroatoms. The van der Waals surface area contributed by atoms with Crippen molar-refractivity contribution in [3.05, 3.63) is 71.8 Å². The molecule has 0 bridgehead atoms. The molecule has 0 aliphatic rings. The van der Waals surface area contributed by atoms with E-state index >= 15 is 0 Å². The van der Waals surface area contributed by atoms with Crippen LogP contribution in [-0.4, -0.2) is 62.4 Å². The number of benzene rings is 2. The lowest BCUT2D eigenvalue weighted by atomic mass is 10.2. The van der Waals surface area contributed by atoms with E-state index in [0.717, 1.165) is 65.7 Å². The molecular formula is C24H36N2O2. The van der Waals surface area contributed by atoms with Gasteiger partial charge in [0.25, 0.3) is 0 Å². The van der Waals surface area contributed by atoms with Crippen LogP contribution in [0.25, 0.3) is 0 Å². The van der Waals surface area contributed by atoms with Gasteiger partial charge in [0.2, 0.25) is 0 Å². The van der Waals surface area contributed by atoms with Crippen molar-refractivity contribution in [1.82, 2.24) is 9.80 Å². The molecule has 0 radical (unpaired) electrons. The largest absolute Gasteiger partial charge is 0.380 e. The maximum Gasteiger partial charge on any atom is 0.0593 e. The number of hydrogen-bond donors (Lipinski definition) is 0. The zero-order valence-corrected chi connectivity index (χ0v) is 17.6. The van der Waals surface area contributed by atoms with Crippen LogP contribution in [-0.2, 0) is 22.6 Å². The predicted molar refractivity (Wildman–Crippen MR) is 116 cm³/mol. The fourth-order valence-corrected chi connectivity index (χ4v) is 3.18. The Kier molecular flexibility index (Phi) is 11.5. The van der Waals surface area contributed by atoms with Crippen molar-refractivity contribution < 1.29 is 9.47 Å². The van der Waals surface area contributed by atoms with Crippen molar-refractivity contribution in [2.24, 2.45) is 0 Å². The Balaban J connectivity index is 1.93. The Morgan fingerprint density at radius 2 is 0.964 bits per heavy atom. The van der Waals surface area contributed by atoms with Crippen LogP contribution in [0.15, 0.2) is 60.7 Å². The van der Waals surface area contributed by atoms with Crippen molar-refractivity contribution in [1.29, 1.82) is 0 Å². The summed E-state index contributed by atoms with van der Waals surface area (Å²) >= 11 is 0. The van der Waals surface area contributed by atoms with E-state index in [0.29, 0.717) is 0 Å². The molecule has 2 aromatic rings. The lowest BCUT2D eigenvalue weighted by Crippen LogP contribution is -2.37. The fourth-order valence-electron chi connectivity index (χ4n) is 3.18. The monoisotopic (exact) mass is 384 g/mol. The first-order chi connectivity index (χ1) is 13.8. The van der Waals surface area contributed by atoms with Gasteiger partial charge >= 0.3 is 0 Å². The molecule has 0 saturated carbocycles. The number of rotatable bonds is 15. The van der Waals surface area contributed by atoms with Crippen LogP contribution >= 0.6 is 0 Å². The fraction of sp³-hybridized carbons (Fsp3) is 0.500. The van der Waals surface area contributed by atoms with Crippen molar-refractivity contribution in [2.45, 2.75) is 26.9 Å². The average Bonchev–Trinajstić information content (AvgIpc) is 2.73. The molecule has 2 aromatic carbocycles. The van der Waals surface area contributed by atoms with E-state index in [-0.39, 0.29) is 0 Å². The standard InChI is InChI=1S/C24H36N2O2/c1-3-27-19-17-25(21-23-11-7-5-8-12-23)15-16-26(18-20-28-4-2)22-24-13-9-6-10-14-24/h5-14H,3-4,15-22H2,1-2H3. The third kappa shape index (κ3) is 9.47. The van der Waals surface area contributed by atoms with Crippen molar-refractivity contribution in [3.63, 3.8) is 0 Å². The molecule has 4 nitrogen and oxygen atoms in total. The molecule has 0 aromatic heterocycles. The van der Waals surface area contributed by atoms with Gasteiger partial charge < -0.3 is 9.47 Å². The molecule has 0 atom stereocenters. The summed E-state index contributed by atoms with van der Waals surface area (Å²) in [5.41, 5.74) is 2.70. The van der Waals surface area contributed by atoms with Gasteiger partial charge in [-0.3, -0.25) is 9.80 Å². The van der Waals surface area contributed by atoms with Gasteiger partial charge in [-0.2, -0.15) is 0 Å². The van der Waals surface area contributed by atoms with Crippen LogP contribution in [0.2, 0.25) is 0 Å². The topological polar surface area (TPSA) is 24.9 Å². The molecule has 0 spiro atoms. The van der Waals surface area contributed by atoms with Gasteiger partial charge in [0.15, 0.2) is 0 Å². The van der Waals surface area contributed by atoms with Crippen LogP contribution in [0.4, 0.5) is 0 Å². The average molecular weight is 385 g/mol. The summed E-state index contributed by atoms with van der Waals surface area (Å²) in [7, 11) is 0. The van der Waals surface area contributed by atoms with Gasteiger partial charge in [0, 0.05) is 52.5 Å². The summed E-state index contributed by atoms with van der Waals surface area (Å²) < 4.78 is 11.2. The van der Waals surface area contributed by atoms with Crippen molar-refractivity contribution in [2.75, 3.05) is 52.6 Å². The van der Waals surface area contributed by atoms with Gasteiger partial charge in [-0.1, -0.05) is 60.7 Å². The van der Waals surface area contributed by atoms with E-state index in [1.165, 1.54) is 11.1 Å². The zero-order chi connectivity index (χ0) is 19.9. The van der Waals surface area contributed by atoms with Crippen LogP contribution in [0.1, 0.15) is 25.0 Å². The first-order valence-electron chi connectivity index (χ1n) is 10.5. The summed E-state index contributed by atoms with van der Waals surface area (Å²) in [6.45, 7) is 13.1. The molecule has 0 heterocycles. The second-order valence-electron chi connectivity index (χ2n) is 6.92. The van der Waals surface area contributed by atoms with Crippen LogP contribution < -0.4 is 0 Å². The van der Waals surface area contributed by atoms with Crippen LogP contribution in [0, 0.1) is 0 Å². The molecule has 2 rings (SSSR count). The minimum atomic E-state index is 0.771. The highest BCUT2D eigenvalue weighted by Gasteiger charge is 2.11. The lowest BCUT2D eigenvalue weighted by Gasteiger charge is -2.28. The smallest absolute Gasteiger partial charge is 0.0593 e. The molecule has 0 amide bonds. The summed E-state index contributed by atoms with van der Waals surface area (Å²) in [5, 5.41) is 0. The summed E-state index contributed by atoms with van der Waals surface area (Å²) in [6, 6.07) is 21.4. The molecule has 0 unspecified atom stereocenters. The van der Waals surface area contributed by atoms with E-state index in [2.05, 4.69) is 84.3 Å². The second kappa shape index (κ2) is 14.3. The van der Waals surface area contributed by atoms with Gasteiger partial charge in [0.05, 0.1) is 13.2 Å². The van der Waals surface area contributed by atoms with Crippen molar-refractivity contribution in [3.8, 4) is 0 Å². The SMILES string of the molecule is CCOCCN(CCN(CCOCC)Cc1ccccc1)Cc1ccccc1. The van der Waals surface area contributed by atoms with Gasteiger partial charge in [-0.25, -0.2) is 0 Å². The molecule has 0 saturated heterocycles. The maximum atomic E-state index is 5.61. The Labute approximate surface area is 171 Å². The normalized spacial score (nSPS) is 11.4. The first-order valence-corrected chi connectivity index (χ1v) is 10.5. The van der Waals surface area contributed by atoms with Gasteiger partial charge in [-0.05, 0) is 25.0 Å². The summed E-state index contributed by atoms with van der Waals surface area (Å²) in [4.78, 5) is 4.98. The first kappa shape index (κ1) is 22.6. The molecular weight excluding hydrogens is 348 g/mol. The second-order valence-corrected chi connectivity index (χ2v) is 6.92. The van der Waals surface area contributed by atoms with Gasteiger partial charge in [-0.15, -0.1) is 0 Å². The molecule has 0 fully saturated rings. The molecule has 0 N–H and O–H groups in total. The summed E-state index contributed by atoms with van der Waals surface area (Å²) in [5.74, 6) is 0. The third-order valence-corrected chi connectivity index (χ3v) is 4.74. The van der Waals surface area contributed by atoms with Crippen molar-refractivity contribution >= 4 is 0 Å². The predicted octanol–water partition coefficient (Wildman–Crippen LogP) is 4.06. The number of nitrogens with zero attached hydrogens (tertiary/aromatic N) is 2. The minimum absolute atomic E-state index is 0.771. The van der Waals surface area contributed by atoms with Crippen LogP contribution in [0.3, 0.4) is 0 Å². The molecule has 0 aliphatic heterocycles. The van der Waals surface area contributed by atoms with E-state index < -0.39 is 0 Å². The zero-order valence-electron chi connectivity index (χ0n) is 17.6. The third-order valence-electron chi connectivity index (χ3n) is 4.74. The van der Waals surface area contributed by atoms with E-state index in [1.807, 2.05) is 0 Å². The Bertz CT molecular complexity index is 551. The Morgan fingerprint density at radius 1 is 0.571 bits per heavy atom. The Hall–Kier alpha value is -1.72. The quantitative estimate of drug-likeness (QED) is 0.432. The lowest BCUT2D eigenvalue weighted by molar-refractivity contribution is 0.0884. The highest BCUT2D eigenvalue weighted by atomic mass is 16.5.